The van der Waals surface area contributed by atoms with E-state index < -0.39 is 12.0 Å². The van der Waals surface area contributed by atoms with E-state index in [1.165, 1.54) is 11.3 Å². The lowest BCUT2D eigenvalue weighted by Crippen LogP contribution is -2.41. The zero-order chi connectivity index (χ0) is 15.3. The van der Waals surface area contributed by atoms with Crippen LogP contribution in [0.1, 0.15) is 62.3 Å². The monoisotopic (exact) mass is 298 g/mol. The van der Waals surface area contributed by atoms with Crippen LogP contribution in [0.2, 0.25) is 0 Å². The highest BCUT2D eigenvalue weighted by Gasteiger charge is 2.27. The molecule has 1 rings (SSSR count). The lowest BCUT2D eigenvalue weighted by molar-refractivity contribution is -0.139. The molecule has 0 bridgehead atoms. The second-order valence-corrected chi connectivity index (χ2v) is 6.64. The summed E-state index contributed by atoms with van der Waals surface area (Å²) in [5.41, 5.74) is 2.09. The third-order valence-electron chi connectivity index (χ3n) is 2.93. The predicted molar refractivity (Wildman–Crippen MR) is 79.2 cm³/mol. The van der Waals surface area contributed by atoms with E-state index in [1.54, 1.807) is 5.51 Å². The van der Waals surface area contributed by atoms with Gasteiger partial charge in [0.15, 0.2) is 0 Å². The molecule has 1 heterocycles. The maximum absolute atomic E-state index is 12.2. The molecule has 1 aromatic heterocycles. The quantitative estimate of drug-likeness (QED) is 0.846. The van der Waals surface area contributed by atoms with Crippen LogP contribution in [0, 0.1) is 0 Å². The van der Waals surface area contributed by atoms with Crippen LogP contribution >= 0.6 is 11.3 Å². The van der Waals surface area contributed by atoms with Gasteiger partial charge in [-0.25, -0.2) is 9.78 Å². The fraction of sp³-hybridized carbons (Fsp3) is 0.643. The van der Waals surface area contributed by atoms with Gasteiger partial charge in [0.1, 0.15) is 10.9 Å². The summed E-state index contributed by atoms with van der Waals surface area (Å²) < 4.78 is 0. The van der Waals surface area contributed by atoms with Gasteiger partial charge in [-0.2, -0.15) is 0 Å². The van der Waals surface area contributed by atoms with E-state index in [1.807, 2.05) is 27.7 Å². The molecule has 0 aliphatic carbocycles. The second-order valence-electron chi connectivity index (χ2n) is 5.79. The van der Waals surface area contributed by atoms with E-state index in [0.717, 1.165) is 12.8 Å². The lowest BCUT2D eigenvalue weighted by atomic mass is 9.91. The van der Waals surface area contributed by atoms with Crippen LogP contribution in [0.15, 0.2) is 5.51 Å². The van der Waals surface area contributed by atoms with Crippen molar-refractivity contribution < 1.29 is 14.7 Å². The molecule has 1 amide bonds. The van der Waals surface area contributed by atoms with Gasteiger partial charge in [0.05, 0.1) is 11.2 Å². The first kappa shape index (κ1) is 16.6. The first-order chi connectivity index (χ1) is 9.27. The van der Waals surface area contributed by atoms with Gasteiger partial charge in [0, 0.05) is 5.41 Å². The molecular formula is C14H22N2O3S. The van der Waals surface area contributed by atoms with Crippen molar-refractivity contribution in [3.63, 3.8) is 0 Å². The molecule has 6 heteroatoms. The van der Waals surface area contributed by atoms with Crippen molar-refractivity contribution >= 4 is 23.2 Å². The fourth-order valence-electron chi connectivity index (χ4n) is 1.83. The second kappa shape index (κ2) is 6.83. The number of amides is 1. The Bertz CT molecular complexity index is 477. The van der Waals surface area contributed by atoms with Crippen LogP contribution in [0.5, 0.6) is 0 Å². The smallest absolute Gasteiger partial charge is 0.326 e. The summed E-state index contributed by atoms with van der Waals surface area (Å²) >= 11 is 1.25. The standard InChI is InChI=1S/C14H22N2O3S/c1-5-6-7-9(13(18)19)16-12(17)10-11(14(2,3)4)15-8-20-10/h8-9H,5-7H2,1-4H3,(H,16,17)(H,18,19)/t9-/m0/s1. The molecule has 0 saturated heterocycles. The number of unbranched alkanes of at least 4 members (excludes halogenated alkanes) is 1. The number of carboxylic acids is 1. The minimum Gasteiger partial charge on any atom is -0.480 e. The molecular weight excluding hydrogens is 276 g/mol. The van der Waals surface area contributed by atoms with E-state index in [-0.39, 0.29) is 11.3 Å². The van der Waals surface area contributed by atoms with Gasteiger partial charge >= 0.3 is 5.97 Å². The van der Waals surface area contributed by atoms with Gasteiger partial charge in [0.25, 0.3) is 5.91 Å². The fourth-order valence-corrected chi connectivity index (χ4v) is 2.73. The number of aliphatic carboxylic acids is 1. The first-order valence-electron chi connectivity index (χ1n) is 6.75. The van der Waals surface area contributed by atoms with Gasteiger partial charge in [-0.05, 0) is 6.42 Å². The van der Waals surface area contributed by atoms with Gasteiger partial charge in [-0.3, -0.25) is 4.79 Å². The Balaban J connectivity index is 2.85. The molecule has 0 aromatic carbocycles. The van der Waals surface area contributed by atoms with Crippen LogP contribution in [-0.4, -0.2) is 28.0 Å². The molecule has 20 heavy (non-hydrogen) atoms. The van der Waals surface area contributed by atoms with Crippen molar-refractivity contribution in [3.8, 4) is 0 Å². The van der Waals surface area contributed by atoms with Crippen LogP contribution < -0.4 is 5.32 Å². The summed E-state index contributed by atoms with van der Waals surface area (Å²) in [4.78, 5) is 28.1. The average molecular weight is 298 g/mol. The van der Waals surface area contributed by atoms with Gasteiger partial charge in [0.2, 0.25) is 0 Å². The number of hydrogen-bond donors (Lipinski definition) is 2. The van der Waals surface area contributed by atoms with E-state index in [2.05, 4.69) is 10.3 Å². The molecule has 1 atom stereocenters. The molecule has 0 aliphatic heterocycles. The van der Waals surface area contributed by atoms with Gasteiger partial charge < -0.3 is 10.4 Å². The summed E-state index contributed by atoms with van der Waals surface area (Å²) in [6.07, 6.45) is 2.11. The Morgan fingerprint density at radius 2 is 2.10 bits per heavy atom. The molecule has 0 fully saturated rings. The number of thiazole rings is 1. The molecule has 112 valence electrons. The molecule has 0 radical (unpaired) electrons. The third kappa shape index (κ3) is 4.30. The molecule has 1 aromatic rings. The van der Waals surface area contributed by atoms with Crippen LogP contribution in [0.3, 0.4) is 0 Å². The first-order valence-corrected chi connectivity index (χ1v) is 7.63. The van der Waals surface area contributed by atoms with Crippen LogP contribution in [-0.2, 0) is 10.2 Å². The minimum atomic E-state index is -0.992. The average Bonchev–Trinajstić information content (AvgIpc) is 2.82. The zero-order valence-corrected chi connectivity index (χ0v) is 13.2. The molecule has 0 saturated carbocycles. The largest absolute Gasteiger partial charge is 0.480 e. The number of carboxylic acid groups (broad SMARTS) is 1. The predicted octanol–water partition coefficient (Wildman–Crippen LogP) is 2.81. The number of nitrogens with zero attached hydrogens (tertiary/aromatic N) is 1. The minimum absolute atomic E-state index is 0.241. The maximum Gasteiger partial charge on any atom is 0.326 e. The number of carbonyl (C=O) groups is 2. The van der Waals surface area contributed by atoms with Crippen molar-refractivity contribution in [2.75, 3.05) is 0 Å². The molecule has 5 nitrogen and oxygen atoms in total. The summed E-state index contributed by atoms with van der Waals surface area (Å²) in [5.74, 6) is -1.34. The maximum atomic E-state index is 12.2. The Morgan fingerprint density at radius 3 is 2.60 bits per heavy atom. The van der Waals surface area contributed by atoms with Crippen molar-refractivity contribution in [2.45, 2.75) is 58.4 Å². The Hall–Kier alpha value is -1.43. The van der Waals surface area contributed by atoms with Crippen molar-refractivity contribution in [2.24, 2.45) is 0 Å². The normalized spacial score (nSPS) is 13.0. The highest BCUT2D eigenvalue weighted by molar-refractivity contribution is 7.11. The lowest BCUT2D eigenvalue weighted by Gasteiger charge is -2.19. The van der Waals surface area contributed by atoms with E-state index in [4.69, 9.17) is 5.11 Å². The molecule has 0 spiro atoms. The Kier molecular flexibility index (Phi) is 5.68. The Labute approximate surface area is 123 Å². The SMILES string of the molecule is CCCC[C@H](NC(=O)c1scnc1C(C)(C)C)C(=O)O. The van der Waals surface area contributed by atoms with E-state index >= 15 is 0 Å². The summed E-state index contributed by atoms with van der Waals surface area (Å²) in [6, 6.07) is -0.836. The topological polar surface area (TPSA) is 79.3 Å². The summed E-state index contributed by atoms with van der Waals surface area (Å²) in [5, 5.41) is 11.7. The van der Waals surface area contributed by atoms with Crippen molar-refractivity contribution in [3.05, 3.63) is 16.1 Å². The Morgan fingerprint density at radius 1 is 1.45 bits per heavy atom. The number of rotatable bonds is 6. The number of hydrogen-bond acceptors (Lipinski definition) is 4. The summed E-state index contributed by atoms with van der Waals surface area (Å²) in [6.45, 7) is 7.92. The molecule has 2 N–H and O–H groups in total. The van der Waals surface area contributed by atoms with Crippen molar-refractivity contribution in [1.29, 1.82) is 0 Å². The van der Waals surface area contributed by atoms with E-state index in [0.29, 0.717) is 17.0 Å². The third-order valence-corrected chi connectivity index (χ3v) is 3.76. The van der Waals surface area contributed by atoms with Crippen molar-refractivity contribution in [1.82, 2.24) is 10.3 Å². The van der Waals surface area contributed by atoms with Gasteiger partial charge in [-0.15, -0.1) is 11.3 Å². The number of aromatic nitrogens is 1. The van der Waals surface area contributed by atoms with Gasteiger partial charge in [-0.1, -0.05) is 40.5 Å². The van der Waals surface area contributed by atoms with E-state index in [9.17, 15) is 9.59 Å². The molecule has 0 unspecified atom stereocenters. The zero-order valence-electron chi connectivity index (χ0n) is 12.4. The highest BCUT2D eigenvalue weighted by atomic mass is 32.1. The summed E-state index contributed by atoms with van der Waals surface area (Å²) in [7, 11) is 0. The highest BCUT2D eigenvalue weighted by Crippen LogP contribution is 2.27. The van der Waals surface area contributed by atoms with Crippen LogP contribution in [0.25, 0.3) is 0 Å². The molecule has 0 aliphatic rings. The number of nitrogens with one attached hydrogen (secondary N) is 1. The van der Waals surface area contributed by atoms with Crippen LogP contribution in [0.4, 0.5) is 0 Å². The number of carbonyl (C=O) groups excluding carboxylic acids is 1.